The van der Waals surface area contributed by atoms with E-state index in [1.807, 2.05) is 18.2 Å². The second-order valence-corrected chi connectivity index (χ2v) is 8.37. The third-order valence-electron chi connectivity index (χ3n) is 4.58. The summed E-state index contributed by atoms with van der Waals surface area (Å²) in [5.41, 5.74) is 0.914. The Morgan fingerprint density at radius 2 is 1.80 bits per heavy atom. The van der Waals surface area contributed by atoms with Crippen LogP contribution >= 0.6 is 11.6 Å². The summed E-state index contributed by atoms with van der Waals surface area (Å²) in [5, 5.41) is 0.246. The molecular formula is C18H18ClNO4S. The molecule has 0 spiro atoms. The average molecular weight is 380 g/mol. The van der Waals surface area contributed by atoms with Crippen LogP contribution in [-0.4, -0.2) is 32.5 Å². The van der Waals surface area contributed by atoms with Crippen LogP contribution in [0.15, 0.2) is 47.4 Å². The van der Waals surface area contributed by atoms with E-state index in [1.54, 1.807) is 28.6 Å². The molecule has 2 aromatic rings. The first-order chi connectivity index (χ1) is 12.1. The van der Waals surface area contributed by atoms with Crippen LogP contribution < -0.4 is 9.47 Å². The van der Waals surface area contributed by atoms with E-state index in [0.717, 1.165) is 18.4 Å². The number of hydrogen-bond acceptors (Lipinski definition) is 4. The van der Waals surface area contributed by atoms with Crippen LogP contribution in [0.2, 0.25) is 5.02 Å². The highest BCUT2D eigenvalue weighted by atomic mass is 35.5. The molecule has 2 aliphatic rings. The molecule has 2 heterocycles. The quantitative estimate of drug-likeness (QED) is 0.817. The molecule has 0 aromatic heterocycles. The van der Waals surface area contributed by atoms with E-state index in [9.17, 15) is 8.42 Å². The van der Waals surface area contributed by atoms with Crippen molar-refractivity contribution < 1.29 is 17.9 Å². The SMILES string of the molecule is O=S(=O)(c1ccccc1Cl)N1CCC[C@H]1c1ccc2c(c1)OCCO2. The second kappa shape index (κ2) is 6.52. The highest BCUT2D eigenvalue weighted by Gasteiger charge is 2.37. The van der Waals surface area contributed by atoms with Crippen molar-refractivity contribution in [1.82, 2.24) is 4.31 Å². The number of rotatable bonds is 3. The van der Waals surface area contributed by atoms with Crippen LogP contribution in [0.5, 0.6) is 11.5 Å². The minimum absolute atomic E-state index is 0.154. The van der Waals surface area contributed by atoms with Crippen LogP contribution in [0, 0.1) is 0 Å². The third kappa shape index (κ3) is 2.99. The van der Waals surface area contributed by atoms with E-state index >= 15 is 0 Å². The number of ether oxygens (including phenoxy) is 2. The Balaban J connectivity index is 1.70. The van der Waals surface area contributed by atoms with Crippen molar-refractivity contribution in [2.75, 3.05) is 19.8 Å². The number of hydrogen-bond donors (Lipinski definition) is 0. The second-order valence-electron chi connectivity index (χ2n) is 6.11. The number of benzene rings is 2. The topological polar surface area (TPSA) is 55.8 Å². The van der Waals surface area contributed by atoms with Gasteiger partial charge in [-0.2, -0.15) is 4.31 Å². The molecule has 0 saturated carbocycles. The van der Waals surface area contributed by atoms with E-state index in [0.29, 0.717) is 31.3 Å². The fourth-order valence-electron chi connectivity index (χ4n) is 3.41. The Bertz CT molecular complexity index is 900. The molecule has 5 nitrogen and oxygen atoms in total. The molecule has 2 aliphatic heterocycles. The van der Waals surface area contributed by atoms with E-state index in [2.05, 4.69) is 0 Å². The highest BCUT2D eigenvalue weighted by molar-refractivity contribution is 7.89. The van der Waals surface area contributed by atoms with Crippen LogP contribution in [0.3, 0.4) is 0 Å². The summed E-state index contributed by atoms with van der Waals surface area (Å²) in [6.45, 7) is 1.51. The predicted molar refractivity (Wildman–Crippen MR) is 94.8 cm³/mol. The first-order valence-electron chi connectivity index (χ1n) is 8.23. The summed E-state index contributed by atoms with van der Waals surface area (Å²) in [7, 11) is -3.66. The van der Waals surface area contributed by atoms with Crippen LogP contribution in [0.4, 0.5) is 0 Å². The lowest BCUT2D eigenvalue weighted by atomic mass is 10.0. The summed E-state index contributed by atoms with van der Waals surface area (Å²) < 4.78 is 38.9. The van der Waals surface area contributed by atoms with Gasteiger partial charge in [-0.25, -0.2) is 8.42 Å². The minimum atomic E-state index is -3.66. The Hall–Kier alpha value is -1.76. The van der Waals surface area contributed by atoms with Gasteiger partial charge in [-0.05, 0) is 42.7 Å². The molecular weight excluding hydrogens is 362 g/mol. The van der Waals surface area contributed by atoms with Crippen molar-refractivity contribution in [3.05, 3.63) is 53.1 Å². The standard InChI is InChI=1S/C18H18ClNO4S/c19-14-4-1-2-6-18(14)25(21,22)20-9-3-5-15(20)13-7-8-16-17(12-13)24-11-10-23-16/h1-2,4,6-8,12,15H,3,5,9-11H2/t15-/m0/s1. The smallest absolute Gasteiger partial charge is 0.245 e. The zero-order valence-electron chi connectivity index (χ0n) is 13.5. The lowest BCUT2D eigenvalue weighted by Crippen LogP contribution is -2.31. The maximum atomic E-state index is 13.1. The van der Waals surface area contributed by atoms with Gasteiger partial charge in [-0.1, -0.05) is 29.8 Å². The Morgan fingerprint density at radius 3 is 2.60 bits per heavy atom. The van der Waals surface area contributed by atoms with Gasteiger partial charge in [-0.3, -0.25) is 0 Å². The van der Waals surface area contributed by atoms with Gasteiger partial charge in [0.25, 0.3) is 0 Å². The van der Waals surface area contributed by atoms with Gasteiger partial charge in [0.1, 0.15) is 18.1 Å². The summed E-state index contributed by atoms with van der Waals surface area (Å²) in [6.07, 6.45) is 1.58. The molecule has 0 bridgehead atoms. The molecule has 0 radical (unpaired) electrons. The maximum absolute atomic E-state index is 13.1. The Labute approximate surface area is 152 Å². The van der Waals surface area contributed by atoms with Crippen molar-refractivity contribution >= 4 is 21.6 Å². The lowest BCUT2D eigenvalue weighted by molar-refractivity contribution is 0.171. The number of fused-ring (bicyclic) bond motifs is 1. The van der Waals surface area contributed by atoms with Crippen LogP contribution in [0.1, 0.15) is 24.4 Å². The minimum Gasteiger partial charge on any atom is -0.486 e. The van der Waals surface area contributed by atoms with Gasteiger partial charge in [0, 0.05) is 6.54 Å². The molecule has 1 saturated heterocycles. The summed E-state index contributed by atoms with van der Waals surface area (Å²) in [4.78, 5) is 0.154. The van der Waals surface area contributed by atoms with Gasteiger partial charge in [0.2, 0.25) is 10.0 Å². The summed E-state index contributed by atoms with van der Waals surface area (Å²) in [5.74, 6) is 1.37. The van der Waals surface area contributed by atoms with Crippen LogP contribution in [0.25, 0.3) is 0 Å². The predicted octanol–water partition coefficient (Wildman–Crippen LogP) is 3.64. The van der Waals surface area contributed by atoms with Gasteiger partial charge < -0.3 is 9.47 Å². The van der Waals surface area contributed by atoms with Crippen LogP contribution in [-0.2, 0) is 10.0 Å². The van der Waals surface area contributed by atoms with Crippen molar-refractivity contribution in [3.8, 4) is 11.5 Å². The summed E-state index contributed by atoms with van der Waals surface area (Å²) >= 11 is 6.13. The first-order valence-corrected chi connectivity index (χ1v) is 10.0. The van der Waals surface area contributed by atoms with Crippen molar-refractivity contribution in [1.29, 1.82) is 0 Å². The molecule has 2 aromatic carbocycles. The largest absolute Gasteiger partial charge is 0.486 e. The zero-order chi connectivity index (χ0) is 17.4. The van der Waals surface area contributed by atoms with Crippen molar-refractivity contribution in [2.45, 2.75) is 23.8 Å². The molecule has 132 valence electrons. The number of sulfonamides is 1. The first kappa shape index (κ1) is 16.7. The van der Waals surface area contributed by atoms with Gasteiger partial charge in [0.15, 0.2) is 11.5 Å². The van der Waals surface area contributed by atoms with Gasteiger partial charge >= 0.3 is 0 Å². The fraction of sp³-hybridized carbons (Fsp3) is 0.333. The zero-order valence-corrected chi connectivity index (χ0v) is 15.1. The molecule has 1 fully saturated rings. The van der Waals surface area contributed by atoms with E-state index in [1.165, 1.54) is 0 Å². The van der Waals surface area contributed by atoms with Gasteiger partial charge in [-0.15, -0.1) is 0 Å². The van der Waals surface area contributed by atoms with Crippen molar-refractivity contribution in [3.63, 3.8) is 0 Å². The molecule has 1 atom stereocenters. The monoisotopic (exact) mass is 379 g/mol. The number of halogens is 1. The Morgan fingerprint density at radius 1 is 1.04 bits per heavy atom. The molecule has 0 aliphatic carbocycles. The molecule has 0 unspecified atom stereocenters. The average Bonchev–Trinajstić information content (AvgIpc) is 3.12. The molecule has 25 heavy (non-hydrogen) atoms. The normalized spacial score (nSPS) is 20.6. The highest BCUT2D eigenvalue weighted by Crippen LogP contribution is 2.41. The number of nitrogens with zero attached hydrogens (tertiary/aromatic N) is 1. The molecule has 0 N–H and O–H groups in total. The molecule has 0 amide bonds. The van der Waals surface area contributed by atoms with E-state index < -0.39 is 10.0 Å². The van der Waals surface area contributed by atoms with Crippen molar-refractivity contribution in [2.24, 2.45) is 0 Å². The maximum Gasteiger partial charge on any atom is 0.245 e. The molecule has 4 rings (SSSR count). The third-order valence-corrected chi connectivity index (χ3v) is 6.99. The van der Waals surface area contributed by atoms with E-state index in [-0.39, 0.29) is 16.0 Å². The van der Waals surface area contributed by atoms with E-state index in [4.69, 9.17) is 21.1 Å². The summed E-state index contributed by atoms with van der Waals surface area (Å²) in [6, 6.07) is 12.0. The molecule has 7 heteroatoms. The fourth-order valence-corrected chi connectivity index (χ4v) is 5.59. The Kier molecular flexibility index (Phi) is 4.35. The lowest BCUT2D eigenvalue weighted by Gasteiger charge is -2.26. The van der Waals surface area contributed by atoms with Gasteiger partial charge in [0.05, 0.1) is 11.1 Å².